The molecule has 1 amide bonds. The minimum absolute atomic E-state index is 0.0298. The van der Waals surface area contributed by atoms with E-state index in [0.29, 0.717) is 13.2 Å². The number of para-hydroxylation sites is 1. The summed E-state index contributed by atoms with van der Waals surface area (Å²) in [6, 6.07) is 9.79. The van der Waals surface area contributed by atoms with Crippen molar-refractivity contribution in [3.63, 3.8) is 0 Å². The molecule has 2 aromatic rings. The van der Waals surface area contributed by atoms with E-state index in [-0.39, 0.29) is 5.91 Å². The van der Waals surface area contributed by atoms with Crippen LogP contribution in [-0.4, -0.2) is 31.0 Å². The fourth-order valence-electron chi connectivity index (χ4n) is 1.87. The number of hydrogen-bond acceptors (Lipinski definition) is 3. The number of amides is 1. The lowest BCUT2D eigenvalue weighted by molar-refractivity contribution is 0.0778. The van der Waals surface area contributed by atoms with Crippen molar-refractivity contribution in [1.82, 2.24) is 4.90 Å². The highest BCUT2D eigenvalue weighted by atomic mass is 79.9. The van der Waals surface area contributed by atoms with Crippen LogP contribution in [0, 0.1) is 13.8 Å². The molecule has 3 nitrogen and oxygen atoms in total. The average molecular weight is 368 g/mol. The van der Waals surface area contributed by atoms with Crippen molar-refractivity contribution < 1.29 is 9.53 Å². The summed E-state index contributed by atoms with van der Waals surface area (Å²) in [7, 11) is 1.80. The standard InChI is InChI=1S/C16H18BrNO2S/c1-11-6-4-5-7-13(11)20-9-8-18(3)16(19)14-10-12(2)15(17)21-14/h4-7,10H,8-9H2,1-3H3. The van der Waals surface area contributed by atoms with Gasteiger partial charge in [0.05, 0.1) is 15.2 Å². The van der Waals surface area contributed by atoms with Crippen molar-refractivity contribution in [2.45, 2.75) is 13.8 Å². The molecular formula is C16H18BrNO2S. The van der Waals surface area contributed by atoms with Crippen LogP contribution in [0.1, 0.15) is 20.8 Å². The van der Waals surface area contributed by atoms with E-state index in [4.69, 9.17) is 4.74 Å². The Labute approximate surface area is 137 Å². The van der Waals surface area contributed by atoms with E-state index in [1.165, 1.54) is 11.3 Å². The SMILES string of the molecule is Cc1ccccc1OCCN(C)C(=O)c1cc(C)c(Br)s1. The minimum atomic E-state index is 0.0298. The van der Waals surface area contributed by atoms with Gasteiger partial charge in [0, 0.05) is 7.05 Å². The first-order valence-electron chi connectivity index (χ1n) is 6.69. The van der Waals surface area contributed by atoms with Gasteiger partial charge >= 0.3 is 0 Å². The predicted octanol–water partition coefficient (Wildman–Crippen LogP) is 4.28. The summed E-state index contributed by atoms with van der Waals surface area (Å²) >= 11 is 4.92. The van der Waals surface area contributed by atoms with Crippen molar-refractivity contribution in [2.24, 2.45) is 0 Å². The van der Waals surface area contributed by atoms with E-state index >= 15 is 0 Å². The zero-order valence-electron chi connectivity index (χ0n) is 12.4. The van der Waals surface area contributed by atoms with E-state index < -0.39 is 0 Å². The normalized spacial score (nSPS) is 10.5. The van der Waals surface area contributed by atoms with Crippen LogP contribution in [-0.2, 0) is 0 Å². The van der Waals surface area contributed by atoms with Crippen molar-refractivity contribution in [1.29, 1.82) is 0 Å². The summed E-state index contributed by atoms with van der Waals surface area (Å²) in [6.45, 7) is 5.04. The van der Waals surface area contributed by atoms with Crippen LogP contribution >= 0.6 is 27.3 Å². The first-order valence-corrected chi connectivity index (χ1v) is 8.30. The third kappa shape index (κ3) is 4.08. The molecule has 5 heteroatoms. The molecule has 1 aromatic carbocycles. The minimum Gasteiger partial charge on any atom is -0.491 e. The predicted molar refractivity (Wildman–Crippen MR) is 90.4 cm³/mol. The van der Waals surface area contributed by atoms with Gasteiger partial charge in [-0.3, -0.25) is 4.79 Å². The number of carbonyl (C=O) groups excluding carboxylic acids is 1. The summed E-state index contributed by atoms with van der Waals surface area (Å²) in [5.41, 5.74) is 2.19. The molecule has 0 fully saturated rings. The maximum atomic E-state index is 12.3. The third-order valence-corrected chi connectivity index (χ3v) is 5.32. The van der Waals surface area contributed by atoms with Gasteiger partial charge in [-0.1, -0.05) is 18.2 Å². The van der Waals surface area contributed by atoms with E-state index in [2.05, 4.69) is 15.9 Å². The molecule has 0 radical (unpaired) electrons. The van der Waals surface area contributed by atoms with Crippen LogP contribution < -0.4 is 4.74 Å². The zero-order valence-corrected chi connectivity index (χ0v) is 14.8. The highest BCUT2D eigenvalue weighted by Crippen LogP contribution is 2.28. The molecule has 0 saturated carbocycles. The second kappa shape index (κ2) is 7.09. The number of benzene rings is 1. The van der Waals surface area contributed by atoms with E-state index in [1.54, 1.807) is 11.9 Å². The third-order valence-electron chi connectivity index (χ3n) is 3.19. The summed E-state index contributed by atoms with van der Waals surface area (Å²) < 4.78 is 6.73. The van der Waals surface area contributed by atoms with E-state index in [0.717, 1.165) is 25.5 Å². The van der Waals surface area contributed by atoms with Crippen molar-refractivity contribution >= 4 is 33.2 Å². The Morgan fingerprint density at radius 3 is 2.62 bits per heavy atom. The fourth-order valence-corrected chi connectivity index (χ4v) is 3.40. The molecule has 0 spiro atoms. The number of ether oxygens (including phenoxy) is 1. The van der Waals surface area contributed by atoms with Gasteiger partial charge in [0.2, 0.25) is 0 Å². The van der Waals surface area contributed by atoms with Crippen LogP contribution in [0.5, 0.6) is 5.75 Å². The number of rotatable bonds is 5. The highest BCUT2D eigenvalue weighted by molar-refractivity contribution is 9.11. The monoisotopic (exact) mass is 367 g/mol. The summed E-state index contributed by atoms with van der Waals surface area (Å²) in [6.07, 6.45) is 0. The topological polar surface area (TPSA) is 29.5 Å². The van der Waals surface area contributed by atoms with Gasteiger partial charge in [0.15, 0.2) is 0 Å². The number of carbonyl (C=O) groups is 1. The fraction of sp³-hybridized carbons (Fsp3) is 0.312. The average Bonchev–Trinajstić information content (AvgIpc) is 2.80. The molecule has 0 N–H and O–H groups in total. The molecule has 0 unspecified atom stereocenters. The first-order chi connectivity index (χ1) is 9.99. The molecule has 0 bridgehead atoms. The Kier molecular flexibility index (Phi) is 5.42. The van der Waals surface area contributed by atoms with Crippen molar-refractivity contribution in [3.8, 4) is 5.75 Å². The lowest BCUT2D eigenvalue weighted by Gasteiger charge is -2.17. The molecule has 1 heterocycles. The Balaban J connectivity index is 1.88. The van der Waals surface area contributed by atoms with Crippen LogP contribution in [0.25, 0.3) is 0 Å². The van der Waals surface area contributed by atoms with Gasteiger partial charge < -0.3 is 9.64 Å². The summed E-state index contributed by atoms with van der Waals surface area (Å²) in [5, 5.41) is 0. The highest BCUT2D eigenvalue weighted by Gasteiger charge is 2.15. The summed E-state index contributed by atoms with van der Waals surface area (Å²) in [4.78, 5) is 14.7. The molecule has 0 aliphatic heterocycles. The summed E-state index contributed by atoms with van der Waals surface area (Å²) in [5.74, 6) is 0.898. The van der Waals surface area contributed by atoms with Crippen molar-refractivity contribution in [3.05, 3.63) is 50.1 Å². The molecule has 2 rings (SSSR count). The van der Waals surface area contributed by atoms with Crippen LogP contribution in [0.3, 0.4) is 0 Å². The lowest BCUT2D eigenvalue weighted by Crippen LogP contribution is -2.30. The Morgan fingerprint density at radius 2 is 2.00 bits per heavy atom. The smallest absolute Gasteiger partial charge is 0.263 e. The molecular weight excluding hydrogens is 350 g/mol. The second-order valence-electron chi connectivity index (χ2n) is 4.91. The molecule has 0 atom stereocenters. The number of likely N-dealkylation sites (N-methyl/N-ethyl adjacent to an activating group) is 1. The molecule has 0 aliphatic carbocycles. The molecule has 1 aromatic heterocycles. The van der Waals surface area contributed by atoms with Gasteiger partial charge in [-0.15, -0.1) is 11.3 Å². The molecule has 0 saturated heterocycles. The van der Waals surface area contributed by atoms with E-state index in [1.807, 2.05) is 44.2 Å². The zero-order chi connectivity index (χ0) is 15.4. The van der Waals surface area contributed by atoms with Gasteiger partial charge in [-0.05, 0) is 53.0 Å². The van der Waals surface area contributed by atoms with Gasteiger partial charge in [0.25, 0.3) is 5.91 Å². The quantitative estimate of drug-likeness (QED) is 0.789. The van der Waals surface area contributed by atoms with Crippen molar-refractivity contribution in [2.75, 3.05) is 20.2 Å². The second-order valence-corrected chi connectivity index (χ2v) is 7.28. The molecule has 112 valence electrons. The Hall–Kier alpha value is -1.33. The molecule has 21 heavy (non-hydrogen) atoms. The van der Waals surface area contributed by atoms with Crippen LogP contribution in [0.4, 0.5) is 0 Å². The number of thiophene rings is 1. The first kappa shape index (κ1) is 16.0. The Bertz CT molecular complexity index is 619. The number of hydrogen-bond donors (Lipinski definition) is 0. The van der Waals surface area contributed by atoms with Crippen LogP contribution in [0.15, 0.2) is 34.1 Å². The van der Waals surface area contributed by atoms with Gasteiger partial charge in [-0.25, -0.2) is 0 Å². The molecule has 0 aliphatic rings. The number of halogens is 1. The van der Waals surface area contributed by atoms with Crippen LogP contribution in [0.2, 0.25) is 0 Å². The maximum Gasteiger partial charge on any atom is 0.263 e. The Morgan fingerprint density at radius 1 is 1.29 bits per heavy atom. The van der Waals surface area contributed by atoms with E-state index in [9.17, 15) is 4.79 Å². The largest absolute Gasteiger partial charge is 0.491 e. The maximum absolute atomic E-state index is 12.3. The van der Waals surface area contributed by atoms with Gasteiger partial charge in [-0.2, -0.15) is 0 Å². The lowest BCUT2D eigenvalue weighted by atomic mass is 10.2. The number of nitrogens with zero attached hydrogens (tertiary/aromatic N) is 1. The number of aryl methyl sites for hydroxylation is 2. The van der Waals surface area contributed by atoms with Gasteiger partial charge in [0.1, 0.15) is 12.4 Å².